The molecule has 2 fully saturated rings. The van der Waals surface area contributed by atoms with E-state index in [9.17, 15) is 9.59 Å². The lowest BCUT2D eigenvalue weighted by Crippen LogP contribution is -2.44. The van der Waals surface area contributed by atoms with E-state index < -0.39 is 0 Å². The first-order chi connectivity index (χ1) is 13.6. The van der Waals surface area contributed by atoms with E-state index in [1.807, 2.05) is 41.0 Å². The van der Waals surface area contributed by atoms with Gasteiger partial charge in [-0.2, -0.15) is 0 Å². The van der Waals surface area contributed by atoms with E-state index in [0.717, 1.165) is 38.0 Å². The lowest BCUT2D eigenvalue weighted by molar-refractivity contribution is -0.133. The fraction of sp³-hybridized carbons (Fsp3) is 0.619. The van der Waals surface area contributed by atoms with Gasteiger partial charge in [0.05, 0.1) is 12.6 Å². The summed E-state index contributed by atoms with van der Waals surface area (Å²) < 4.78 is 10.7. The van der Waals surface area contributed by atoms with E-state index in [1.165, 1.54) is 0 Å². The number of methoxy groups -OCH3 is 1. The Kier molecular flexibility index (Phi) is 7.28. The van der Waals surface area contributed by atoms with Gasteiger partial charge in [-0.15, -0.1) is 0 Å². The molecule has 2 aliphatic rings. The van der Waals surface area contributed by atoms with Crippen molar-refractivity contribution in [3.05, 3.63) is 29.8 Å². The van der Waals surface area contributed by atoms with Crippen LogP contribution in [0.5, 0.6) is 5.75 Å². The molecule has 0 N–H and O–H groups in total. The van der Waals surface area contributed by atoms with Gasteiger partial charge < -0.3 is 19.3 Å². The quantitative estimate of drug-likeness (QED) is 0.700. The predicted octanol–water partition coefficient (Wildman–Crippen LogP) is 1.16. The lowest BCUT2D eigenvalue weighted by Gasteiger charge is -2.26. The van der Waals surface area contributed by atoms with Crippen LogP contribution in [0.4, 0.5) is 0 Å². The first-order valence-corrected chi connectivity index (χ1v) is 10.1. The Morgan fingerprint density at radius 2 is 1.89 bits per heavy atom. The summed E-state index contributed by atoms with van der Waals surface area (Å²) >= 11 is 0. The number of carbonyl (C=O) groups excluding carboxylic acids is 2. The highest BCUT2D eigenvalue weighted by atomic mass is 16.5. The maximum absolute atomic E-state index is 12.6. The number of carbonyl (C=O) groups is 2. The van der Waals surface area contributed by atoms with Gasteiger partial charge in [0.25, 0.3) is 5.91 Å². The summed E-state index contributed by atoms with van der Waals surface area (Å²) in [6.07, 6.45) is 1.73. The second-order valence-electron chi connectivity index (χ2n) is 7.49. The fourth-order valence-electron chi connectivity index (χ4n) is 3.85. The highest BCUT2D eigenvalue weighted by Crippen LogP contribution is 2.19. The van der Waals surface area contributed by atoms with Gasteiger partial charge in [-0.25, -0.2) is 0 Å². The van der Waals surface area contributed by atoms with Crippen LogP contribution < -0.4 is 4.74 Å². The molecule has 0 aliphatic carbocycles. The largest absolute Gasteiger partial charge is 0.484 e. The third kappa shape index (κ3) is 5.23. The van der Waals surface area contributed by atoms with Gasteiger partial charge in [-0.05, 0) is 31.9 Å². The van der Waals surface area contributed by atoms with Crippen LogP contribution in [0.3, 0.4) is 0 Å². The summed E-state index contributed by atoms with van der Waals surface area (Å²) in [6.45, 7) is 7.00. The van der Waals surface area contributed by atoms with Crippen molar-refractivity contribution in [3.63, 3.8) is 0 Å². The van der Waals surface area contributed by atoms with E-state index in [0.29, 0.717) is 32.0 Å². The Labute approximate surface area is 167 Å². The second-order valence-corrected chi connectivity index (χ2v) is 7.49. The molecule has 1 atom stereocenters. The number of amides is 2. The second kappa shape index (κ2) is 9.89. The number of rotatable bonds is 7. The summed E-state index contributed by atoms with van der Waals surface area (Å²) in [4.78, 5) is 31.2. The SMILES string of the molecule is COCCN1CC[C@H](N2CCCN(C(=O)COc3ccc(C)cc3)CC2)C1=O. The zero-order valence-electron chi connectivity index (χ0n) is 16.9. The molecule has 2 amide bonds. The molecule has 1 aromatic carbocycles. The molecular formula is C21H31N3O4. The Hall–Kier alpha value is -2.12. The molecule has 154 valence electrons. The molecule has 2 heterocycles. The van der Waals surface area contributed by atoms with Gasteiger partial charge in [0, 0.05) is 46.4 Å². The molecule has 28 heavy (non-hydrogen) atoms. The molecule has 0 radical (unpaired) electrons. The van der Waals surface area contributed by atoms with Crippen LogP contribution in [0.25, 0.3) is 0 Å². The van der Waals surface area contributed by atoms with E-state index in [1.54, 1.807) is 7.11 Å². The normalized spacial score (nSPS) is 21.1. The van der Waals surface area contributed by atoms with Crippen LogP contribution in [0.1, 0.15) is 18.4 Å². The average Bonchev–Trinajstić information content (AvgIpc) is 2.91. The Morgan fingerprint density at radius 1 is 1.11 bits per heavy atom. The summed E-state index contributed by atoms with van der Waals surface area (Å²) in [5, 5.41) is 0. The molecule has 3 rings (SSSR count). The molecule has 0 bridgehead atoms. The molecule has 2 saturated heterocycles. The van der Waals surface area contributed by atoms with Crippen LogP contribution in [-0.2, 0) is 14.3 Å². The Morgan fingerprint density at radius 3 is 2.64 bits per heavy atom. The Balaban J connectivity index is 1.47. The third-order valence-corrected chi connectivity index (χ3v) is 5.54. The topological polar surface area (TPSA) is 62.3 Å². The van der Waals surface area contributed by atoms with Gasteiger partial charge in [0.15, 0.2) is 6.61 Å². The molecule has 0 unspecified atom stereocenters. The summed E-state index contributed by atoms with van der Waals surface area (Å²) in [7, 11) is 1.65. The maximum atomic E-state index is 12.6. The van der Waals surface area contributed by atoms with Crippen molar-refractivity contribution in [2.45, 2.75) is 25.8 Å². The summed E-state index contributed by atoms with van der Waals surface area (Å²) in [5.41, 5.74) is 1.16. The van der Waals surface area contributed by atoms with E-state index in [4.69, 9.17) is 9.47 Å². The zero-order valence-corrected chi connectivity index (χ0v) is 16.9. The van der Waals surface area contributed by atoms with Crippen LogP contribution >= 0.6 is 0 Å². The van der Waals surface area contributed by atoms with Gasteiger partial charge >= 0.3 is 0 Å². The number of benzene rings is 1. The highest BCUT2D eigenvalue weighted by Gasteiger charge is 2.36. The first-order valence-electron chi connectivity index (χ1n) is 10.1. The first kappa shape index (κ1) is 20.6. The van der Waals surface area contributed by atoms with E-state index >= 15 is 0 Å². The lowest BCUT2D eigenvalue weighted by atomic mass is 10.2. The number of likely N-dealkylation sites (tertiary alicyclic amines) is 1. The average molecular weight is 389 g/mol. The predicted molar refractivity (Wildman–Crippen MR) is 106 cm³/mol. The number of aryl methyl sites for hydroxylation is 1. The van der Waals surface area contributed by atoms with Crippen molar-refractivity contribution in [2.75, 3.05) is 59.6 Å². The summed E-state index contributed by atoms with van der Waals surface area (Å²) in [5.74, 6) is 0.907. The minimum atomic E-state index is -0.0595. The molecule has 0 aromatic heterocycles. The highest BCUT2D eigenvalue weighted by molar-refractivity contribution is 5.84. The van der Waals surface area contributed by atoms with Crippen molar-refractivity contribution in [1.82, 2.24) is 14.7 Å². The maximum Gasteiger partial charge on any atom is 0.260 e. The molecule has 1 aromatic rings. The number of hydrogen-bond donors (Lipinski definition) is 0. The molecule has 2 aliphatic heterocycles. The number of nitrogens with zero attached hydrogens (tertiary/aromatic N) is 3. The van der Waals surface area contributed by atoms with Crippen molar-refractivity contribution in [2.24, 2.45) is 0 Å². The number of hydrogen-bond acceptors (Lipinski definition) is 5. The zero-order chi connectivity index (χ0) is 19.9. The monoisotopic (exact) mass is 389 g/mol. The van der Waals surface area contributed by atoms with Crippen molar-refractivity contribution in [1.29, 1.82) is 0 Å². The summed E-state index contributed by atoms with van der Waals surface area (Å²) in [6, 6.07) is 7.65. The van der Waals surface area contributed by atoms with Gasteiger partial charge in [-0.1, -0.05) is 17.7 Å². The van der Waals surface area contributed by atoms with E-state index in [-0.39, 0.29) is 24.5 Å². The minimum Gasteiger partial charge on any atom is -0.484 e. The molecule has 7 nitrogen and oxygen atoms in total. The fourth-order valence-corrected chi connectivity index (χ4v) is 3.85. The standard InChI is InChI=1S/C21H31N3O4/c1-17-4-6-18(7-5-17)28-16-20(25)23-10-3-9-22(12-13-23)19-8-11-24(21(19)26)14-15-27-2/h4-7,19H,3,8-16H2,1-2H3/t19-/m0/s1. The van der Waals surface area contributed by atoms with Crippen LogP contribution in [0.15, 0.2) is 24.3 Å². The Bertz CT molecular complexity index is 664. The molecule has 7 heteroatoms. The molecular weight excluding hydrogens is 358 g/mol. The van der Waals surface area contributed by atoms with E-state index in [2.05, 4.69) is 4.90 Å². The van der Waals surface area contributed by atoms with Crippen molar-refractivity contribution >= 4 is 11.8 Å². The molecule has 0 saturated carbocycles. The van der Waals surface area contributed by atoms with Crippen LogP contribution in [0.2, 0.25) is 0 Å². The van der Waals surface area contributed by atoms with Crippen molar-refractivity contribution < 1.29 is 19.1 Å². The van der Waals surface area contributed by atoms with Crippen molar-refractivity contribution in [3.8, 4) is 5.75 Å². The third-order valence-electron chi connectivity index (χ3n) is 5.54. The van der Waals surface area contributed by atoms with Gasteiger partial charge in [0.2, 0.25) is 5.91 Å². The minimum absolute atomic E-state index is 0.00175. The van der Waals surface area contributed by atoms with Crippen LogP contribution in [-0.4, -0.2) is 92.1 Å². The van der Waals surface area contributed by atoms with Crippen LogP contribution in [0, 0.1) is 6.92 Å². The number of ether oxygens (including phenoxy) is 2. The van der Waals surface area contributed by atoms with Gasteiger partial charge in [-0.3, -0.25) is 14.5 Å². The van der Waals surface area contributed by atoms with Gasteiger partial charge in [0.1, 0.15) is 5.75 Å². The molecule has 0 spiro atoms. The smallest absolute Gasteiger partial charge is 0.260 e.